The van der Waals surface area contributed by atoms with Gasteiger partial charge in [0, 0.05) is 63.0 Å². The number of carbonyl (C=O) groups is 1. The van der Waals surface area contributed by atoms with Crippen molar-refractivity contribution in [2.24, 2.45) is 16.5 Å². The van der Waals surface area contributed by atoms with Crippen molar-refractivity contribution in [3.8, 4) is 0 Å². The Hall–Kier alpha value is -3.17. The third-order valence-electron chi connectivity index (χ3n) is 5.84. The summed E-state index contributed by atoms with van der Waals surface area (Å²) in [5.41, 5.74) is 15.2. The molecule has 0 aromatic carbocycles. The zero-order valence-corrected chi connectivity index (χ0v) is 22.4. The summed E-state index contributed by atoms with van der Waals surface area (Å²) < 4.78 is 13.6. The summed E-state index contributed by atoms with van der Waals surface area (Å²) in [6.07, 6.45) is 3.48. The highest BCUT2D eigenvalue weighted by atomic mass is 16.6. The molecule has 1 amide bonds. The molecule has 4 N–H and O–H groups in total. The number of amides is 1. The van der Waals surface area contributed by atoms with Gasteiger partial charge in [0.25, 0.3) is 0 Å². The zero-order chi connectivity index (χ0) is 26.3. The van der Waals surface area contributed by atoms with Crippen LogP contribution in [-0.4, -0.2) is 70.0 Å². The molecular formula is C25H43N7O3. The van der Waals surface area contributed by atoms with Gasteiger partial charge in [0.2, 0.25) is 5.90 Å². The van der Waals surface area contributed by atoms with E-state index in [0.29, 0.717) is 49.9 Å². The second-order valence-corrected chi connectivity index (χ2v) is 9.74. The monoisotopic (exact) mass is 489 g/mol. The van der Waals surface area contributed by atoms with Gasteiger partial charge in [-0.2, -0.15) is 5.10 Å². The first-order valence-electron chi connectivity index (χ1n) is 12.3. The Bertz CT molecular complexity index is 951. The Morgan fingerprint density at radius 2 is 1.91 bits per heavy atom. The van der Waals surface area contributed by atoms with Crippen LogP contribution in [0.4, 0.5) is 4.79 Å². The van der Waals surface area contributed by atoms with Crippen molar-refractivity contribution < 1.29 is 14.3 Å². The number of nitrogens with zero attached hydrogens (tertiary/aromatic N) is 5. The van der Waals surface area contributed by atoms with E-state index in [0.717, 1.165) is 24.2 Å². The lowest BCUT2D eigenvalue weighted by atomic mass is 10.1. The third kappa shape index (κ3) is 7.40. The second kappa shape index (κ2) is 12.0. The Labute approximate surface area is 209 Å². The first kappa shape index (κ1) is 28.1. The van der Waals surface area contributed by atoms with Crippen LogP contribution in [0.3, 0.4) is 0 Å². The number of hydrogen-bond donors (Lipinski definition) is 2. The molecule has 196 valence electrons. The number of nitrogens with two attached hydrogens (primary N) is 2. The standard InChI is InChI=1S/C25H43N7O3/c1-9-13-28-23(34-19-11-14-31(15-12-19)24(33)35-25(5,6)7)21(26)22(27)30(8)17(3)20-16-29-32(10-2)18(20)4/h16,19H,3,9-15,26-27H2,1-2,4-8H3/b22-21-,28-23+. The van der Waals surface area contributed by atoms with E-state index in [1.165, 1.54) is 0 Å². The molecule has 0 atom stereocenters. The number of piperidine rings is 1. The molecule has 1 aliphatic heterocycles. The summed E-state index contributed by atoms with van der Waals surface area (Å²) in [5.74, 6) is 0.625. The van der Waals surface area contributed by atoms with Gasteiger partial charge in [0.1, 0.15) is 23.2 Å². The summed E-state index contributed by atoms with van der Waals surface area (Å²) in [4.78, 5) is 20.4. The third-order valence-corrected chi connectivity index (χ3v) is 5.84. The minimum Gasteiger partial charge on any atom is -0.473 e. The molecule has 1 saturated heterocycles. The maximum absolute atomic E-state index is 12.4. The SMILES string of the molecule is C=C(c1cnn(CC)c1C)N(C)/C(N)=C(N)/C(=N\CCC)OC1CCN(C(=O)OC(C)(C)C)CC1. The van der Waals surface area contributed by atoms with Crippen LogP contribution < -0.4 is 11.5 Å². The maximum Gasteiger partial charge on any atom is 0.410 e. The lowest BCUT2D eigenvalue weighted by Crippen LogP contribution is -2.44. The summed E-state index contributed by atoms with van der Waals surface area (Å²) >= 11 is 0. The minimum atomic E-state index is -0.523. The summed E-state index contributed by atoms with van der Waals surface area (Å²) in [7, 11) is 1.81. The fraction of sp³-hybridized carbons (Fsp3) is 0.640. The molecule has 1 aromatic rings. The average Bonchev–Trinajstić information content (AvgIpc) is 3.19. The van der Waals surface area contributed by atoms with Crippen LogP contribution in [0.15, 0.2) is 29.3 Å². The van der Waals surface area contributed by atoms with Crippen LogP contribution in [0.25, 0.3) is 5.70 Å². The largest absolute Gasteiger partial charge is 0.473 e. The van der Waals surface area contributed by atoms with Crippen molar-refractivity contribution in [1.29, 1.82) is 0 Å². The van der Waals surface area contributed by atoms with Gasteiger partial charge in [-0.1, -0.05) is 13.5 Å². The highest BCUT2D eigenvalue weighted by Gasteiger charge is 2.29. The number of carbonyl (C=O) groups excluding carboxylic acids is 1. The normalized spacial score (nSPS) is 16.1. The van der Waals surface area contributed by atoms with Gasteiger partial charge in [0.15, 0.2) is 0 Å². The molecule has 2 rings (SSSR count). The van der Waals surface area contributed by atoms with E-state index < -0.39 is 5.60 Å². The lowest BCUT2D eigenvalue weighted by molar-refractivity contribution is 0.0115. The lowest BCUT2D eigenvalue weighted by Gasteiger charge is -2.34. The molecular weight excluding hydrogens is 446 g/mol. The molecule has 2 heterocycles. The van der Waals surface area contributed by atoms with Crippen LogP contribution in [-0.2, 0) is 16.0 Å². The fourth-order valence-corrected chi connectivity index (χ4v) is 3.70. The molecule has 0 saturated carbocycles. The fourth-order valence-electron chi connectivity index (χ4n) is 3.70. The van der Waals surface area contributed by atoms with Crippen LogP contribution >= 0.6 is 0 Å². The molecule has 0 aliphatic carbocycles. The quantitative estimate of drug-likeness (QED) is 0.423. The number of aromatic nitrogens is 2. The van der Waals surface area contributed by atoms with Gasteiger partial charge in [-0.15, -0.1) is 0 Å². The van der Waals surface area contributed by atoms with Crippen LogP contribution in [0.5, 0.6) is 0 Å². The summed E-state index contributed by atoms with van der Waals surface area (Å²) in [6.45, 7) is 18.3. The van der Waals surface area contributed by atoms with E-state index in [9.17, 15) is 4.79 Å². The molecule has 10 heteroatoms. The number of hydrogen-bond acceptors (Lipinski definition) is 8. The summed E-state index contributed by atoms with van der Waals surface area (Å²) in [6, 6.07) is 0. The highest BCUT2D eigenvalue weighted by Crippen LogP contribution is 2.23. The van der Waals surface area contributed by atoms with Gasteiger partial charge in [-0.3, -0.25) is 4.68 Å². The topological polar surface area (TPSA) is 124 Å². The molecule has 1 aliphatic rings. The predicted octanol–water partition coefficient (Wildman–Crippen LogP) is 3.43. The number of likely N-dealkylation sites (tertiary alicyclic amines) is 1. The van der Waals surface area contributed by atoms with Crippen molar-refractivity contribution >= 4 is 17.7 Å². The van der Waals surface area contributed by atoms with Gasteiger partial charge in [-0.25, -0.2) is 9.79 Å². The van der Waals surface area contributed by atoms with E-state index in [1.54, 1.807) is 16.0 Å². The number of aryl methyl sites for hydroxylation is 1. The molecule has 0 spiro atoms. The van der Waals surface area contributed by atoms with E-state index >= 15 is 0 Å². The van der Waals surface area contributed by atoms with Gasteiger partial charge in [-0.05, 0) is 41.0 Å². The number of ether oxygens (including phenoxy) is 2. The van der Waals surface area contributed by atoms with Crippen LogP contribution in [0.2, 0.25) is 0 Å². The smallest absolute Gasteiger partial charge is 0.410 e. The predicted molar refractivity (Wildman–Crippen MR) is 139 cm³/mol. The second-order valence-electron chi connectivity index (χ2n) is 9.74. The Morgan fingerprint density at radius 1 is 1.29 bits per heavy atom. The molecule has 0 radical (unpaired) electrons. The molecule has 0 bridgehead atoms. The van der Waals surface area contributed by atoms with Gasteiger partial charge >= 0.3 is 6.09 Å². The van der Waals surface area contributed by atoms with Crippen molar-refractivity contribution in [1.82, 2.24) is 19.6 Å². The van der Waals surface area contributed by atoms with Gasteiger partial charge < -0.3 is 30.7 Å². The zero-order valence-electron chi connectivity index (χ0n) is 22.4. The van der Waals surface area contributed by atoms with Gasteiger partial charge in [0.05, 0.1) is 6.20 Å². The molecule has 1 fully saturated rings. The van der Waals surface area contributed by atoms with E-state index in [4.69, 9.17) is 20.9 Å². The molecule has 0 unspecified atom stereocenters. The first-order valence-corrected chi connectivity index (χ1v) is 12.3. The van der Waals surface area contributed by atoms with Crippen molar-refractivity contribution in [3.05, 3.63) is 35.6 Å². The number of rotatable bonds is 8. The van der Waals surface area contributed by atoms with E-state index in [-0.39, 0.29) is 17.9 Å². The number of aliphatic imine (C=N–C) groups is 1. The average molecular weight is 490 g/mol. The minimum absolute atomic E-state index is 0.130. The summed E-state index contributed by atoms with van der Waals surface area (Å²) in [5, 5.41) is 4.39. The highest BCUT2D eigenvalue weighted by molar-refractivity contribution is 5.93. The molecule has 1 aromatic heterocycles. The van der Waals surface area contributed by atoms with Crippen LogP contribution in [0.1, 0.15) is 65.1 Å². The van der Waals surface area contributed by atoms with Crippen molar-refractivity contribution in [2.45, 2.75) is 79.1 Å². The van der Waals surface area contributed by atoms with Crippen LogP contribution in [0, 0.1) is 6.92 Å². The van der Waals surface area contributed by atoms with Crippen molar-refractivity contribution in [3.63, 3.8) is 0 Å². The Kier molecular flexibility index (Phi) is 9.62. The Balaban J connectivity index is 2.12. The molecule has 35 heavy (non-hydrogen) atoms. The Morgan fingerprint density at radius 3 is 2.43 bits per heavy atom. The van der Waals surface area contributed by atoms with E-state index in [2.05, 4.69) is 16.7 Å². The first-order chi connectivity index (χ1) is 16.4. The van der Waals surface area contributed by atoms with Crippen molar-refractivity contribution in [2.75, 3.05) is 26.7 Å². The molecule has 10 nitrogen and oxygen atoms in total. The van der Waals surface area contributed by atoms with E-state index in [1.807, 2.05) is 53.3 Å². The maximum atomic E-state index is 12.4.